The van der Waals surface area contributed by atoms with E-state index in [1.165, 1.54) is 6.20 Å². The van der Waals surface area contributed by atoms with E-state index in [2.05, 4.69) is 4.98 Å². The van der Waals surface area contributed by atoms with Crippen LogP contribution >= 0.6 is 11.6 Å². The van der Waals surface area contributed by atoms with Crippen molar-refractivity contribution < 1.29 is 23.0 Å². The lowest BCUT2D eigenvalue weighted by Crippen LogP contribution is -2.28. The Morgan fingerprint density at radius 1 is 1.60 bits per heavy atom. The molecule has 1 aliphatic heterocycles. The van der Waals surface area contributed by atoms with Crippen molar-refractivity contribution in [3.63, 3.8) is 0 Å². The van der Waals surface area contributed by atoms with E-state index in [0.717, 1.165) is 4.57 Å². The fourth-order valence-electron chi connectivity index (χ4n) is 1.69. The van der Waals surface area contributed by atoms with E-state index in [0.29, 0.717) is 0 Å². The van der Waals surface area contributed by atoms with Crippen LogP contribution in [0.15, 0.2) is 11.0 Å². The first-order valence-electron chi connectivity index (χ1n) is 5.51. The van der Waals surface area contributed by atoms with Gasteiger partial charge in [0, 0.05) is 12.6 Å². The van der Waals surface area contributed by atoms with Crippen LogP contribution in [0.4, 0.5) is 19.0 Å². The number of hydrogen-bond acceptors (Lipinski definition) is 5. The molecule has 1 aromatic rings. The maximum Gasteiger partial charge on any atom is 0.351 e. The van der Waals surface area contributed by atoms with E-state index in [-0.39, 0.29) is 17.3 Å². The molecule has 2 heterocycles. The molecule has 1 saturated heterocycles. The number of anilines is 1. The highest BCUT2D eigenvalue weighted by molar-refractivity contribution is 6.32. The quantitative estimate of drug-likeness (QED) is 0.849. The molecular weight excluding hydrogens is 303 g/mol. The van der Waals surface area contributed by atoms with Crippen LogP contribution in [0, 0.1) is 0 Å². The Morgan fingerprint density at radius 2 is 2.20 bits per heavy atom. The van der Waals surface area contributed by atoms with Crippen LogP contribution in [-0.2, 0) is 4.74 Å². The minimum absolute atomic E-state index is 0.0347. The summed E-state index contributed by atoms with van der Waals surface area (Å²) in [5.74, 6) is -0.0820. The van der Waals surface area contributed by atoms with E-state index in [1.54, 1.807) is 0 Å². The van der Waals surface area contributed by atoms with Gasteiger partial charge >= 0.3 is 5.69 Å². The number of alkyl halides is 3. The zero-order valence-electron chi connectivity index (χ0n) is 10.2. The van der Waals surface area contributed by atoms with Gasteiger partial charge in [0.15, 0.2) is 0 Å². The van der Waals surface area contributed by atoms with Crippen LogP contribution in [0.1, 0.15) is 12.6 Å². The van der Waals surface area contributed by atoms with Crippen LogP contribution in [0.5, 0.6) is 0 Å². The molecule has 1 aliphatic rings. The minimum Gasteiger partial charge on any atom is -0.394 e. The Hall–Kier alpha value is -1.32. The third kappa shape index (κ3) is 3.84. The SMILES string of the molecule is FCF.Nc1nc(=O)n(C2CC(F)C(CO)O2)cc1Cl. The number of aliphatic hydroxyl groups excluding tert-OH is 1. The van der Waals surface area contributed by atoms with Crippen LogP contribution < -0.4 is 11.4 Å². The molecule has 0 radical (unpaired) electrons. The lowest BCUT2D eigenvalue weighted by atomic mass is 10.2. The summed E-state index contributed by atoms with van der Waals surface area (Å²) < 4.78 is 38.9. The average Bonchev–Trinajstić information content (AvgIpc) is 2.76. The maximum atomic E-state index is 13.4. The Morgan fingerprint density at radius 3 is 2.70 bits per heavy atom. The predicted molar refractivity (Wildman–Crippen MR) is 65.5 cm³/mol. The third-order valence-corrected chi connectivity index (χ3v) is 2.88. The first kappa shape index (κ1) is 16.7. The molecule has 0 bridgehead atoms. The number of nitrogens with zero attached hydrogens (tertiary/aromatic N) is 2. The van der Waals surface area contributed by atoms with E-state index in [9.17, 15) is 18.0 Å². The largest absolute Gasteiger partial charge is 0.394 e. The first-order valence-corrected chi connectivity index (χ1v) is 5.88. The highest BCUT2D eigenvalue weighted by Gasteiger charge is 2.36. The molecule has 6 nitrogen and oxygen atoms in total. The van der Waals surface area contributed by atoms with Crippen molar-refractivity contribution >= 4 is 17.4 Å². The van der Waals surface area contributed by atoms with Gasteiger partial charge in [-0.3, -0.25) is 4.57 Å². The summed E-state index contributed by atoms with van der Waals surface area (Å²) in [7, 11) is 0. The average molecular weight is 316 g/mol. The Labute approximate surface area is 116 Å². The number of aromatic nitrogens is 2. The highest BCUT2D eigenvalue weighted by atomic mass is 35.5. The van der Waals surface area contributed by atoms with E-state index in [4.69, 9.17) is 27.2 Å². The zero-order chi connectivity index (χ0) is 15.3. The van der Waals surface area contributed by atoms with Gasteiger partial charge in [0.25, 0.3) is 0 Å². The number of nitrogens with two attached hydrogens (primary N) is 1. The summed E-state index contributed by atoms with van der Waals surface area (Å²) in [5.41, 5.74) is 4.69. The van der Waals surface area contributed by atoms with Crippen molar-refractivity contribution in [1.82, 2.24) is 9.55 Å². The fourth-order valence-corrected chi connectivity index (χ4v) is 1.83. The summed E-state index contributed by atoms with van der Waals surface area (Å²) in [6.07, 6.45) is -1.85. The van der Waals surface area contributed by atoms with Crippen LogP contribution in [0.2, 0.25) is 5.02 Å². The van der Waals surface area contributed by atoms with Gasteiger partial charge in [-0.15, -0.1) is 0 Å². The summed E-state index contributed by atoms with van der Waals surface area (Å²) in [4.78, 5) is 15.0. The number of halogens is 4. The van der Waals surface area contributed by atoms with Gasteiger partial charge in [-0.1, -0.05) is 11.6 Å². The molecule has 114 valence electrons. The van der Waals surface area contributed by atoms with Crippen LogP contribution in [0.25, 0.3) is 0 Å². The molecule has 2 rings (SSSR count). The second-order valence-corrected chi connectivity index (χ2v) is 4.24. The molecule has 0 saturated carbocycles. The Balaban J connectivity index is 0.000000612. The molecule has 3 N–H and O–H groups in total. The zero-order valence-corrected chi connectivity index (χ0v) is 10.9. The molecule has 3 atom stereocenters. The molecule has 0 aromatic carbocycles. The number of hydrogen-bond donors (Lipinski definition) is 2. The van der Waals surface area contributed by atoms with Gasteiger partial charge in [0.1, 0.15) is 24.3 Å². The number of nitrogen functional groups attached to an aromatic ring is 1. The summed E-state index contributed by atoms with van der Waals surface area (Å²) in [5, 5.41) is 8.95. The van der Waals surface area contributed by atoms with E-state index < -0.39 is 37.7 Å². The van der Waals surface area contributed by atoms with Gasteiger partial charge in [-0.05, 0) is 0 Å². The molecule has 1 fully saturated rings. The van der Waals surface area contributed by atoms with Crippen molar-refractivity contribution in [2.24, 2.45) is 0 Å². The molecule has 0 aliphatic carbocycles. The smallest absolute Gasteiger partial charge is 0.351 e. The van der Waals surface area contributed by atoms with Gasteiger partial charge < -0.3 is 15.6 Å². The molecular formula is C10H13ClF3N3O3. The van der Waals surface area contributed by atoms with Crippen LogP contribution in [0.3, 0.4) is 0 Å². The maximum absolute atomic E-state index is 13.4. The van der Waals surface area contributed by atoms with Crippen LogP contribution in [-0.4, -0.2) is 40.5 Å². The molecule has 1 aromatic heterocycles. The summed E-state index contributed by atoms with van der Waals surface area (Å²) in [6.45, 7) is -2.19. The van der Waals surface area contributed by atoms with Gasteiger partial charge in [-0.25, -0.2) is 18.0 Å². The third-order valence-electron chi connectivity index (χ3n) is 2.59. The minimum atomic E-state index is -1.75. The highest BCUT2D eigenvalue weighted by Crippen LogP contribution is 2.30. The summed E-state index contributed by atoms with van der Waals surface area (Å²) in [6, 6.07) is 0. The van der Waals surface area contributed by atoms with Gasteiger partial charge in [0.2, 0.25) is 6.93 Å². The van der Waals surface area contributed by atoms with Crippen molar-refractivity contribution in [3.05, 3.63) is 21.7 Å². The van der Waals surface area contributed by atoms with Crippen molar-refractivity contribution in [1.29, 1.82) is 0 Å². The van der Waals surface area contributed by atoms with Crippen molar-refractivity contribution in [2.75, 3.05) is 19.3 Å². The van der Waals surface area contributed by atoms with E-state index in [1.807, 2.05) is 0 Å². The lowest BCUT2D eigenvalue weighted by Gasteiger charge is -2.14. The van der Waals surface area contributed by atoms with Crippen molar-refractivity contribution in [2.45, 2.75) is 24.9 Å². The first-order chi connectivity index (χ1) is 9.44. The predicted octanol–water partition coefficient (Wildman–Crippen LogP) is 0.980. The van der Waals surface area contributed by atoms with E-state index >= 15 is 0 Å². The second-order valence-electron chi connectivity index (χ2n) is 3.83. The number of aliphatic hydroxyl groups is 1. The van der Waals surface area contributed by atoms with Gasteiger partial charge in [0.05, 0.1) is 11.6 Å². The molecule has 10 heteroatoms. The topological polar surface area (TPSA) is 90.4 Å². The summed E-state index contributed by atoms with van der Waals surface area (Å²) >= 11 is 5.72. The van der Waals surface area contributed by atoms with Gasteiger partial charge in [-0.2, -0.15) is 4.98 Å². The molecule has 0 spiro atoms. The second kappa shape index (κ2) is 7.46. The standard InChI is InChI=1S/C9H11ClFN3O3.CH2F2/c10-4-2-14(9(16)13-8(4)12)7-1-5(11)6(3-15)17-7;2-1-3/h2,5-7,15H,1,3H2,(H2,12,13,16);1H2. The number of ether oxygens (including phenoxy) is 1. The molecule has 3 unspecified atom stereocenters. The normalized spacial score (nSPS) is 25.1. The molecule has 20 heavy (non-hydrogen) atoms. The fraction of sp³-hybridized carbons (Fsp3) is 0.600. The molecule has 0 amide bonds. The van der Waals surface area contributed by atoms with Crippen molar-refractivity contribution in [3.8, 4) is 0 Å². The monoisotopic (exact) mass is 315 g/mol. The Kier molecular flexibility index (Phi) is 6.24. The number of rotatable bonds is 2. The lowest BCUT2D eigenvalue weighted by molar-refractivity contribution is -0.0355. The Bertz CT molecular complexity index is 502.